The lowest BCUT2D eigenvalue weighted by atomic mass is 9.87. The van der Waals surface area contributed by atoms with Gasteiger partial charge in [-0.25, -0.2) is 8.78 Å². The molecule has 162 valence electrons. The number of methoxy groups -OCH3 is 1. The number of anilines is 1. The molecule has 0 aromatic heterocycles. The second-order valence-electron chi connectivity index (χ2n) is 7.18. The normalized spacial score (nSPS) is 11.2. The summed E-state index contributed by atoms with van der Waals surface area (Å²) in [6.45, 7) is 5.66. The van der Waals surface area contributed by atoms with Gasteiger partial charge in [-0.1, -0.05) is 32.4 Å². The number of halogens is 5. The van der Waals surface area contributed by atoms with E-state index in [9.17, 15) is 27.5 Å². The van der Waals surface area contributed by atoms with Gasteiger partial charge in [0.05, 0.1) is 17.8 Å². The van der Waals surface area contributed by atoms with Crippen LogP contribution in [0.2, 0.25) is 5.02 Å². The number of aromatic hydroxyl groups is 1. The highest BCUT2D eigenvalue weighted by atomic mass is 35.5. The first-order valence-electron chi connectivity index (χ1n) is 8.34. The molecular formula is C19H17ClF4N2O3S. The molecular weight excluding hydrogens is 448 g/mol. The Labute approximate surface area is 180 Å². The van der Waals surface area contributed by atoms with Gasteiger partial charge in [-0.2, -0.15) is 8.78 Å². The van der Waals surface area contributed by atoms with Crippen molar-refractivity contribution >= 4 is 40.5 Å². The van der Waals surface area contributed by atoms with Gasteiger partial charge in [-0.15, -0.1) is 0 Å². The number of phenols is 1. The molecule has 11 heteroatoms. The maximum atomic E-state index is 14.1. The molecule has 0 heterocycles. The third-order valence-electron chi connectivity index (χ3n) is 4.06. The van der Waals surface area contributed by atoms with Crippen molar-refractivity contribution in [2.24, 2.45) is 0 Å². The van der Waals surface area contributed by atoms with Gasteiger partial charge >= 0.3 is 0 Å². The average Bonchev–Trinajstić information content (AvgIpc) is 2.63. The summed E-state index contributed by atoms with van der Waals surface area (Å²) in [5.74, 6) is -10.9. The topological polar surface area (TPSA) is 70.6 Å². The number of benzene rings is 2. The average molecular weight is 465 g/mol. The third-order valence-corrected chi connectivity index (χ3v) is 4.55. The van der Waals surface area contributed by atoms with E-state index in [-0.39, 0.29) is 21.9 Å². The zero-order chi connectivity index (χ0) is 23.0. The van der Waals surface area contributed by atoms with Crippen LogP contribution in [0, 0.1) is 23.3 Å². The Hall–Kier alpha value is -2.59. The molecule has 0 aliphatic carbocycles. The van der Waals surface area contributed by atoms with E-state index in [1.165, 1.54) is 12.1 Å². The Bertz CT molecular complexity index is 1010. The highest BCUT2D eigenvalue weighted by Gasteiger charge is 2.30. The van der Waals surface area contributed by atoms with E-state index >= 15 is 0 Å². The number of carbonyl (C=O) groups is 1. The molecule has 2 aromatic carbocycles. The number of carbonyl (C=O) groups excluding carboxylic acids is 1. The molecule has 0 bridgehead atoms. The SMILES string of the molecule is COc1c(F)c(F)c(C(=O)NC(=S)Nc2cc(C(C)(C)C)cc(Cl)c2O)c(F)c1F. The Kier molecular flexibility index (Phi) is 6.83. The monoisotopic (exact) mass is 464 g/mol. The molecule has 0 atom stereocenters. The Morgan fingerprint density at radius 1 is 1.10 bits per heavy atom. The van der Waals surface area contributed by atoms with Gasteiger partial charge in [0, 0.05) is 0 Å². The Morgan fingerprint density at radius 3 is 2.10 bits per heavy atom. The largest absolute Gasteiger partial charge is 0.504 e. The molecule has 0 saturated carbocycles. The van der Waals surface area contributed by atoms with Crippen LogP contribution in [-0.4, -0.2) is 23.2 Å². The fourth-order valence-electron chi connectivity index (χ4n) is 2.44. The number of hydrogen-bond donors (Lipinski definition) is 3. The maximum Gasteiger partial charge on any atom is 0.263 e. The van der Waals surface area contributed by atoms with Gasteiger partial charge in [0.25, 0.3) is 5.91 Å². The number of hydrogen-bond acceptors (Lipinski definition) is 4. The van der Waals surface area contributed by atoms with Crippen molar-refractivity contribution in [1.29, 1.82) is 0 Å². The second kappa shape index (κ2) is 8.65. The lowest BCUT2D eigenvalue weighted by Crippen LogP contribution is -2.35. The van der Waals surface area contributed by atoms with E-state index in [4.69, 9.17) is 23.8 Å². The molecule has 30 heavy (non-hydrogen) atoms. The minimum atomic E-state index is -1.95. The van der Waals surface area contributed by atoms with Crippen LogP contribution in [0.3, 0.4) is 0 Å². The third kappa shape index (κ3) is 4.59. The Balaban J connectivity index is 2.33. The molecule has 0 aliphatic rings. The number of phenolic OH excluding ortho intramolecular Hbond substituents is 1. The summed E-state index contributed by atoms with van der Waals surface area (Å²) in [6.07, 6.45) is 0. The minimum absolute atomic E-state index is 0.00423. The van der Waals surface area contributed by atoms with E-state index in [0.29, 0.717) is 5.56 Å². The van der Waals surface area contributed by atoms with Crippen molar-refractivity contribution in [3.05, 3.63) is 51.6 Å². The highest BCUT2D eigenvalue weighted by Crippen LogP contribution is 2.37. The van der Waals surface area contributed by atoms with E-state index in [2.05, 4.69) is 10.1 Å². The van der Waals surface area contributed by atoms with Crippen LogP contribution in [0.25, 0.3) is 0 Å². The maximum absolute atomic E-state index is 14.1. The molecule has 2 rings (SSSR count). The summed E-state index contributed by atoms with van der Waals surface area (Å²) in [4.78, 5) is 12.2. The molecule has 0 unspecified atom stereocenters. The molecule has 0 spiro atoms. The number of ether oxygens (including phenoxy) is 1. The lowest BCUT2D eigenvalue weighted by molar-refractivity contribution is 0.0966. The summed E-state index contributed by atoms with van der Waals surface area (Å²) in [7, 11) is 0.808. The van der Waals surface area contributed by atoms with Crippen molar-refractivity contribution in [2.45, 2.75) is 26.2 Å². The van der Waals surface area contributed by atoms with E-state index < -0.39 is 45.6 Å². The van der Waals surface area contributed by atoms with Gasteiger partial charge in [-0.05, 0) is 35.3 Å². The molecule has 0 radical (unpaired) electrons. The molecule has 2 aromatic rings. The summed E-state index contributed by atoms with van der Waals surface area (Å²) in [5, 5.41) is 14.0. The van der Waals surface area contributed by atoms with Gasteiger partial charge in [0.15, 0.2) is 28.2 Å². The predicted molar refractivity (Wildman–Crippen MR) is 108 cm³/mol. The predicted octanol–water partition coefficient (Wildman–Crippen LogP) is 5.03. The number of nitrogens with one attached hydrogen (secondary N) is 2. The van der Waals surface area contributed by atoms with Crippen molar-refractivity contribution in [2.75, 3.05) is 12.4 Å². The first-order chi connectivity index (χ1) is 13.8. The standard InChI is InChI=1S/C19H17ClF4N2O3S/c1-19(2,3)7-5-8(20)15(27)9(6-7)25-18(30)26-17(28)10-11(21)13(23)16(29-4)14(24)12(10)22/h5-6,27H,1-4H3,(H2,25,26,28,30). The van der Waals surface area contributed by atoms with Crippen molar-refractivity contribution in [3.8, 4) is 11.5 Å². The second-order valence-corrected chi connectivity index (χ2v) is 7.99. The highest BCUT2D eigenvalue weighted by molar-refractivity contribution is 7.80. The van der Waals surface area contributed by atoms with Crippen LogP contribution in [-0.2, 0) is 5.41 Å². The van der Waals surface area contributed by atoms with Gasteiger partial charge in [0.1, 0.15) is 5.56 Å². The van der Waals surface area contributed by atoms with Gasteiger partial charge < -0.3 is 15.2 Å². The fraction of sp³-hybridized carbons (Fsp3) is 0.263. The quantitative estimate of drug-likeness (QED) is 0.257. The molecule has 0 fully saturated rings. The fourth-order valence-corrected chi connectivity index (χ4v) is 2.86. The Morgan fingerprint density at radius 2 is 1.63 bits per heavy atom. The molecule has 3 N–H and O–H groups in total. The van der Waals surface area contributed by atoms with E-state index in [1.54, 1.807) is 0 Å². The number of thiocarbonyl (C=S) groups is 1. The van der Waals surface area contributed by atoms with Crippen LogP contribution >= 0.6 is 23.8 Å². The number of rotatable bonds is 3. The van der Waals surface area contributed by atoms with E-state index in [1.807, 2.05) is 26.1 Å². The van der Waals surface area contributed by atoms with Crippen LogP contribution in [0.4, 0.5) is 23.2 Å². The summed E-state index contributed by atoms with van der Waals surface area (Å²) < 4.78 is 60.0. The van der Waals surface area contributed by atoms with E-state index in [0.717, 1.165) is 7.11 Å². The van der Waals surface area contributed by atoms with Crippen molar-refractivity contribution in [3.63, 3.8) is 0 Å². The summed E-state index contributed by atoms with van der Waals surface area (Å²) in [6, 6.07) is 3.05. The van der Waals surface area contributed by atoms with Crippen molar-refractivity contribution < 1.29 is 32.2 Å². The first-order valence-corrected chi connectivity index (χ1v) is 9.13. The van der Waals surface area contributed by atoms with Crippen LogP contribution < -0.4 is 15.4 Å². The molecule has 5 nitrogen and oxygen atoms in total. The smallest absolute Gasteiger partial charge is 0.263 e. The zero-order valence-electron chi connectivity index (χ0n) is 16.2. The minimum Gasteiger partial charge on any atom is -0.504 e. The number of amides is 1. The molecule has 0 saturated heterocycles. The first kappa shape index (κ1) is 23.7. The van der Waals surface area contributed by atoms with Gasteiger partial charge in [0.2, 0.25) is 11.6 Å². The summed E-state index contributed by atoms with van der Waals surface area (Å²) in [5.41, 5.74) is -1.17. The lowest BCUT2D eigenvalue weighted by Gasteiger charge is -2.21. The molecule has 0 aliphatic heterocycles. The van der Waals surface area contributed by atoms with Crippen LogP contribution in [0.15, 0.2) is 12.1 Å². The summed E-state index contributed by atoms with van der Waals surface area (Å²) >= 11 is 10.9. The molecule has 1 amide bonds. The van der Waals surface area contributed by atoms with Crippen LogP contribution in [0.5, 0.6) is 11.5 Å². The van der Waals surface area contributed by atoms with Crippen molar-refractivity contribution in [1.82, 2.24) is 5.32 Å². The zero-order valence-corrected chi connectivity index (χ0v) is 17.8. The van der Waals surface area contributed by atoms with Gasteiger partial charge in [-0.3, -0.25) is 10.1 Å². The van der Waals surface area contributed by atoms with Crippen LogP contribution in [0.1, 0.15) is 36.7 Å².